The molecule has 0 aliphatic carbocycles. The Morgan fingerprint density at radius 3 is 2.36 bits per heavy atom. The number of nitrogens with zero attached hydrogens (tertiary/aromatic N) is 3. The van der Waals surface area contributed by atoms with Gasteiger partial charge in [-0.2, -0.15) is 8.78 Å². The number of pyridine rings is 1. The van der Waals surface area contributed by atoms with Gasteiger partial charge in [0.25, 0.3) is 5.91 Å². The highest BCUT2D eigenvalue weighted by Crippen LogP contribution is 2.33. The van der Waals surface area contributed by atoms with Gasteiger partial charge in [0.2, 0.25) is 11.8 Å². The lowest BCUT2D eigenvalue weighted by Crippen LogP contribution is -2.56. The van der Waals surface area contributed by atoms with Gasteiger partial charge in [0.15, 0.2) is 11.5 Å². The van der Waals surface area contributed by atoms with Crippen molar-refractivity contribution in [3.63, 3.8) is 0 Å². The molecule has 3 heterocycles. The molecule has 1 saturated heterocycles. The van der Waals surface area contributed by atoms with Crippen LogP contribution in [0.3, 0.4) is 0 Å². The molecule has 59 heavy (non-hydrogen) atoms. The molecule has 2 aromatic carbocycles. The van der Waals surface area contributed by atoms with Crippen molar-refractivity contribution in [1.82, 2.24) is 25.5 Å². The lowest BCUT2D eigenvalue weighted by atomic mass is 9.85. The highest BCUT2D eigenvalue weighted by molar-refractivity contribution is 7.13. The maximum Gasteiger partial charge on any atom is 0.387 e. The van der Waals surface area contributed by atoms with Crippen molar-refractivity contribution in [3.05, 3.63) is 87.2 Å². The molecule has 3 atom stereocenters. The SMILES string of the molecule is Cc1ncsc1-c1ccc(CNC(=O)C2CC(O)CN2C(=O)[C@@H](NCCCCCCCOc2cc(C(=O)Nc3c(Cl)cncc3Cl)ccc2OC(F)F)C(C)(C)C)cc1. The van der Waals surface area contributed by atoms with Gasteiger partial charge in [0, 0.05) is 37.5 Å². The molecule has 12 nitrogen and oxygen atoms in total. The summed E-state index contributed by atoms with van der Waals surface area (Å²) in [7, 11) is 0. The Morgan fingerprint density at radius 2 is 1.69 bits per heavy atom. The number of benzene rings is 2. The molecule has 0 bridgehead atoms. The van der Waals surface area contributed by atoms with Crippen molar-refractivity contribution in [1.29, 1.82) is 0 Å². The number of halogens is 4. The number of aliphatic hydroxyl groups is 1. The molecule has 2 unspecified atom stereocenters. The number of aromatic nitrogens is 2. The van der Waals surface area contributed by atoms with E-state index in [1.807, 2.05) is 57.5 Å². The Bertz CT molecular complexity index is 2030. The summed E-state index contributed by atoms with van der Waals surface area (Å²) in [5.41, 5.74) is 4.58. The second kappa shape index (κ2) is 21.2. The second-order valence-corrected chi connectivity index (χ2v) is 17.1. The molecule has 17 heteroatoms. The van der Waals surface area contributed by atoms with Crippen LogP contribution in [0.5, 0.6) is 11.5 Å². The highest BCUT2D eigenvalue weighted by Gasteiger charge is 2.43. The van der Waals surface area contributed by atoms with Gasteiger partial charge in [-0.3, -0.25) is 19.4 Å². The molecular weight excluding hydrogens is 825 g/mol. The van der Waals surface area contributed by atoms with Crippen LogP contribution in [-0.2, 0) is 16.1 Å². The van der Waals surface area contributed by atoms with Crippen molar-refractivity contribution in [3.8, 4) is 21.9 Å². The summed E-state index contributed by atoms with van der Waals surface area (Å²) in [5.74, 6) is -1.33. The fraction of sp³-hybridized carbons (Fsp3) is 0.452. The van der Waals surface area contributed by atoms with E-state index in [0.29, 0.717) is 19.5 Å². The zero-order valence-electron chi connectivity index (χ0n) is 33.4. The van der Waals surface area contributed by atoms with E-state index in [-0.39, 0.29) is 64.2 Å². The number of aliphatic hydroxyl groups excluding tert-OH is 1. The maximum absolute atomic E-state index is 14.0. The number of anilines is 1. The van der Waals surface area contributed by atoms with Crippen LogP contribution in [0.4, 0.5) is 14.5 Å². The van der Waals surface area contributed by atoms with E-state index in [2.05, 4.69) is 30.7 Å². The number of hydrogen-bond acceptors (Lipinski definition) is 10. The Hall–Kier alpha value is -4.41. The Balaban J connectivity index is 1.06. The number of carbonyl (C=O) groups excluding carboxylic acids is 3. The zero-order valence-corrected chi connectivity index (χ0v) is 35.7. The largest absolute Gasteiger partial charge is 0.490 e. The van der Waals surface area contributed by atoms with E-state index < -0.39 is 36.1 Å². The number of β-amino-alcohol motifs (C(OH)–C–C–N with tert-alkyl or cyclic N) is 1. The van der Waals surface area contributed by atoms with Crippen LogP contribution in [0.25, 0.3) is 10.4 Å². The molecule has 0 spiro atoms. The zero-order chi connectivity index (χ0) is 42.7. The molecule has 0 radical (unpaired) electrons. The van der Waals surface area contributed by atoms with E-state index >= 15 is 0 Å². The van der Waals surface area contributed by atoms with Crippen LogP contribution < -0.4 is 25.4 Å². The Kier molecular flexibility index (Phi) is 16.4. The average Bonchev–Trinajstić information content (AvgIpc) is 3.81. The number of alkyl halides is 2. The number of thiazole rings is 1. The smallest absolute Gasteiger partial charge is 0.387 e. The number of nitrogens with one attached hydrogen (secondary N) is 3. The summed E-state index contributed by atoms with van der Waals surface area (Å²) in [6.07, 6.45) is 5.90. The number of likely N-dealkylation sites (tertiary alicyclic amines) is 1. The van der Waals surface area contributed by atoms with E-state index in [1.54, 1.807) is 11.3 Å². The average molecular weight is 876 g/mol. The van der Waals surface area contributed by atoms with Crippen LogP contribution in [-0.4, -0.2) is 82.2 Å². The predicted molar refractivity (Wildman–Crippen MR) is 225 cm³/mol. The molecule has 4 N–H and O–H groups in total. The first-order valence-electron chi connectivity index (χ1n) is 19.4. The lowest BCUT2D eigenvalue weighted by molar-refractivity contribution is -0.142. The molecule has 1 fully saturated rings. The van der Waals surface area contributed by atoms with E-state index in [1.165, 1.54) is 35.5 Å². The van der Waals surface area contributed by atoms with Gasteiger partial charge in [-0.15, -0.1) is 11.3 Å². The number of hydrogen-bond donors (Lipinski definition) is 4. The van der Waals surface area contributed by atoms with Gasteiger partial charge >= 0.3 is 6.61 Å². The van der Waals surface area contributed by atoms with E-state index in [9.17, 15) is 28.3 Å². The first kappa shape index (κ1) is 45.7. The standard InChI is InChI=1S/C42H50Cl2F2N6O6S/c1-25-36(59-24-50-25)27-12-10-26(11-13-27)20-49-39(55)32-19-29(53)23-52(32)40(56)37(42(2,3)4)48-16-8-6-5-7-9-17-57-34-18-28(14-15-33(34)58-41(45)46)38(54)51-35-30(43)21-47-22-31(35)44/h10-15,18,21-22,24,29,32,37,41,48,53H,5-9,16-17,19-20,23H2,1-4H3,(H,49,55)(H,47,51,54)/t29?,32?,37-/m1/s1. The summed E-state index contributed by atoms with van der Waals surface area (Å²) in [6, 6.07) is 10.4. The number of carbonyl (C=O) groups is 3. The number of unbranched alkanes of at least 4 members (excludes halogenated alkanes) is 4. The summed E-state index contributed by atoms with van der Waals surface area (Å²) < 4.78 is 36.6. The van der Waals surface area contributed by atoms with E-state index in [4.69, 9.17) is 27.9 Å². The lowest BCUT2D eigenvalue weighted by Gasteiger charge is -2.35. The number of amides is 3. The summed E-state index contributed by atoms with van der Waals surface area (Å²) in [5, 5.41) is 19.8. The molecule has 3 amide bonds. The Labute approximate surface area is 357 Å². The Morgan fingerprint density at radius 1 is 1.00 bits per heavy atom. The van der Waals surface area contributed by atoms with Crippen LogP contribution >= 0.6 is 34.5 Å². The van der Waals surface area contributed by atoms with Crippen molar-refractivity contribution in [2.45, 2.75) is 97.6 Å². The second-order valence-electron chi connectivity index (χ2n) is 15.4. The fourth-order valence-electron chi connectivity index (χ4n) is 6.75. The number of rotatable bonds is 19. The van der Waals surface area contributed by atoms with Crippen LogP contribution in [0.1, 0.15) is 80.9 Å². The minimum atomic E-state index is -3.09. The first-order chi connectivity index (χ1) is 28.1. The normalized spacial score (nSPS) is 15.9. The summed E-state index contributed by atoms with van der Waals surface area (Å²) in [4.78, 5) is 51.1. The van der Waals surface area contributed by atoms with Crippen molar-refractivity contribution in [2.75, 3.05) is 25.0 Å². The molecular formula is C42H50Cl2F2N6O6S. The topological polar surface area (TPSA) is 155 Å². The maximum atomic E-state index is 14.0. The van der Waals surface area contributed by atoms with Gasteiger partial charge in [0.05, 0.1) is 50.6 Å². The van der Waals surface area contributed by atoms with Gasteiger partial charge in [-0.25, -0.2) is 4.98 Å². The molecule has 4 aromatic rings. The molecule has 1 aliphatic rings. The van der Waals surface area contributed by atoms with Gasteiger partial charge in [0.1, 0.15) is 6.04 Å². The summed E-state index contributed by atoms with van der Waals surface area (Å²) in [6.45, 7) is 5.91. The van der Waals surface area contributed by atoms with Crippen molar-refractivity contribution < 1.29 is 37.7 Å². The van der Waals surface area contributed by atoms with E-state index in [0.717, 1.165) is 47.4 Å². The minimum Gasteiger partial charge on any atom is -0.490 e. The van der Waals surface area contributed by atoms with Crippen LogP contribution in [0, 0.1) is 12.3 Å². The molecule has 318 valence electrons. The highest BCUT2D eigenvalue weighted by atomic mass is 35.5. The quantitative estimate of drug-likeness (QED) is 0.0682. The van der Waals surface area contributed by atoms with Crippen LogP contribution in [0.15, 0.2) is 60.4 Å². The fourth-order valence-corrected chi connectivity index (χ4v) is 8.02. The molecule has 5 rings (SSSR count). The molecule has 2 aromatic heterocycles. The van der Waals surface area contributed by atoms with Crippen molar-refractivity contribution >= 4 is 57.9 Å². The number of ether oxygens (including phenoxy) is 2. The molecule has 0 saturated carbocycles. The third-order valence-electron chi connectivity index (χ3n) is 9.85. The van der Waals surface area contributed by atoms with Gasteiger partial charge in [-0.1, -0.05) is 87.5 Å². The van der Waals surface area contributed by atoms with Crippen molar-refractivity contribution in [2.24, 2.45) is 5.41 Å². The predicted octanol–water partition coefficient (Wildman–Crippen LogP) is 8.29. The van der Waals surface area contributed by atoms with Gasteiger partial charge in [-0.05, 0) is 61.1 Å². The number of aryl methyl sites for hydroxylation is 1. The first-order valence-corrected chi connectivity index (χ1v) is 21.1. The third-order valence-corrected chi connectivity index (χ3v) is 11.4. The monoisotopic (exact) mass is 874 g/mol. The third kappa shape index (κ3) is 12.8. The minimum absolute atomic E-state index is 0.00914. The van der Waals surface area contributed by atoms with Crippen LogP contribution in [0.2, 0.25) is 10.0 Å². The van der Waals surface area contributed by atoms with Gasteiger partial charge < -0.3 is 35.4 Å². The summed E-state index contributed by atoms with van der Waals surface area (Å²) >= 11 is 13.8. The molecule has 1 aliphatic heterocycles.